The molecule has 1 aromatic rings. The molecule has 2 aliphatic rings. The standard InChI is InChI=1S/C15H21NO2.ClH/c1-2-4-6-13(5-3-1)16-10-12-7-8-14-15(9-12)18-11-17-14;/h7-9,13,16H,1-6,10-11H2;1H. The smallest absolute Gasteiger partial charge is 0.231 e. The topological polar surface area (TPSA) is 30.5 Å². The molecular weight excluding hydrogens is 262 g/mol. The lowest BCUT2D eigenvalue weighted by atomic mass is 10.1. The summed E-state index contributed by atoms with van der Waals surface area (Å²) in [5.41, 5.74) is 1.28. The largest absolute Gasteiger partial charge is 0.454 e. The molecule has 1 N–H and O–H groups in total. The third-order valence-electron chi connectivity index (χ3n) is 3.89. The van der Waals surface area contributed by atoms with E-state index in [1.54, 1.807) is 0 Å². The van der Waals surface area contributed by atoms with E-state index in [1.165, 1.54) is 44.1 Å². The molecule has 19 heavy (non-hydrogen) atoms. The Hall–Kier alpha value is -0.930. The molecule has 1 aromatic carbocycles. The van der Waals surface area contributed by atoms with Crippen molar-refractivity contribution in [2.24, 2.45) is 0 Å². The van der Waals surface area contributed by atoms with Gasteiger partial charge in [0.2, 0.25) is 6.79 Å². The van der Waals surface area contributed by atoms with Gasteiger partial charge in [-0.25, -0.2) is 0 Å². The predicted octanol–water partition coefficient (Wildman–Crippen LogP) is 3.65. The van der Waals surface area contributed by atoms with E-state index >= 15 is 0 Å². The van der Waals surface area contributed by atoms with E-state index in [4.69, 9.17) is 9.47 Å². The molecule has 1 heterocycles. The molecule has 0 bridgehead atoms. The summed E-state index contributed by atoms with van der Waals surface area (Å²) in [6.07, 6.45) is 8.21. The van der Waals surface area contributed by atoms with Crippen molar-refractivity contribution in [3.05, 3.63) is 23.8 Å². The van der Waals surface area contributed by atoms with Crippen molar-refractivity contribution < 1.29 is 9.47 Å². The van der Waals surface area contributed by atoms with Gasteiger partial charge in [0.1, 0.15) is 0 Å². The average molecular weight is 284 g/mol. The summed E-state index contributed by atoms with van der Waals surface area (Å²) in [6.45, 7) is 1.29. The molecule has 0 unspecified atom stereocenters. The van der Waals surface area contributed by atoms with Crippen LogP contribution in [0.15, 0.2) is 18.2 Å². The number of benzene rings is 1. The molecule has 4 heteroatoms. The van der Waals surface area contributed by atoms with E-state index in [9.17, 15) is 0 Å². The predicted molar refractivity (Wildman–Crippen MR) is 78.1 cm³/mol. The van der Waals surface area contributed by atoms with E-state index in [0.29, 0.717) is 12.8 Å². The normalized spacial score (nSPS) is 18.7. The third-order valence-corrected chi connectivity index (χ3v) is 3.89. The zero-order chi connectivity index (χ0) is 12.2. The average Bonchev–Trinajstić information content (AvgIpc) is 2.70. The lowest BCUT2D eigenvalue weighted by Gasteiger charge is -2.16. The summed E-state index contributed by atoms with van der Waals surface area (Å²) in [6, 6.07) is 6.91. The van der Waals surface area contributed by atoms with Gasteiger partial charge in [0.25, 0.3) is 0 Å². The first kappa shape index (κ1) is 14.5. The maximum Gasteiger partial charge on any atom is 0.231 e. The lowest BCUT2D eigenvalue weighted by Crippen LogP contribution is -2.27. The Morgan fingerprint density at radius 3 is 2.53 bits per heavy atom. The van der Waals surface area contributed by atoms with Crippen LogP contribution in [0.3, 0.4) is 0 Å². The molecular formula is C15H22ClNO2. The van der Waals surface area contributed by atoms with E-state index in [1.807, 2.05) is 6.07 Å². The van der Waals surface area contributed by atoms with Gasteiger partial charge in [-0.05, 0) is 30.5 Å². The lowest BCUT2D eigenvalue weighted by molar-refractivity contribution is 0.174. The van der Waals surface area contributed by atoms with E-state index in [2.05, 4.69) is 17.4 Å². The highest BCUT2D eigenvalue weighted by Crippen LogP contribution is 2.32. The van der Waals surface area contributed by atoms with Crippen LogP contribution in [0.25, 0.3) is 0 Å². The summed E-state index contributed by atoms with van der Waals surface area (Å²) in [7, 11) is 0. The maximum absolute atomic E-state index is 5.40. The van der Waals surface area contributed by atoms with Crippen molar-refractivity contribution in [3.8, 4) is 11.5 Å². The number of halogens is 1. The van der Waals surface area contributed by atoms with Crippen molar-refractivity contribution in [1.82, 2.24) is 5.32 Å². The number of fused-ring (bicyclic) bond motifs is 1. The van der Waals surface area contributed by atoms with Gasteiger partial charge in [0.05, 0.1) is 0 Å². The van der Waals surface area contributed by atoms with Gasteiger partial charge in [-0.3, -0.25) is 0 Å². The summed E-state index contributed by atoms with van der Waals surface area (Å²) < 4.78 is 10.7. The van der Waals surface area contributed by atoms with Crippen LogP contribution in [-0.4, -0.2) is 12.8 Å². The van der Waals surface area contributed by atoms with Gasteiger partial charge in [-0.2, -0.15) is 0 Å². The number of hydrogen-bond acceptors (Lipinski definition) is 3. The van der Waals surface area contributed by atoms with Gasteiger partial charge in [-0.15, -0.1) is 12.4 Å². The minimum Gasteiger partial charge on any atom is -0.454 e. The molecule has 0 amide bonds. The molecule has 3 nitrogen and oxygen atoms in total. The first-order valence-electron chi connectivity index (χ1n) is 7.04. The van der Waals surface area contributed by atoms with E-state index in [0.717, 1.165) is 18.0 Å². The highest BCUT2D eigenvalue weighted by atomic mass is 35.5. The fourth-order valence-corrected chi connectivity index (χ4v) is 2.80. The van der Waals surface area contributed by atoms with E-state index < -0.39 is 0 Å². The Balaban J connectivity index is 0.00000133. The van der Waals surface area contributed by atoms with Crippen LogP contribution in [0.5, 0.6) is 11.5 Å². The Labute approximate surface area is 121 Å². The molecule has 3 rings (SSSR count). The fourth-order valence-electron chi connectivity index (χ4n) is 2.80. The molecule has 0 atom stereocenters. The molecule has 1 saturated carbocycles. The summed E-state index contributed by atoms with van der Waals surface area (Å²) in [4.78, 5) is 0. The quantitative estimate of drug-likeness (QED) is 0.859. The van der Waals surface area contributed by atoms with Gasteiger partial charge < -0.3 is 14.8 Å². The molecule has 1 aliphatic heterocycles. The van der Waals surface area contributed by atoms with Gasteiger partial charge in [0.15, 0.2) is 11.5 Å². The monoisotopic (exact) mass is 283 g/mol. The molecule has 1 fully saturated rings. The van der Waals surface area contributed by atoms with Crippen LogP contribution in [0.2, 0.25) is 0 Å². The zero-order valence-electron chi connectivity index (χ0n) is 11.2. The molecule has 0 spiro atoms. The second-order valence-electron chi connectivity index (χ2n) is 5.26. The molecule has 1 aliphatic carbocycles. The highest BCUT2D eigenvalue weighted by Gasteiger charge is 2.14. The highest BCUT2D eigenvalue weighted by molar-refractivity contribution is 5.85. The van der Waals surface area contributed by atoms with Crippen molar-refractivity contribution in [2.45, 2.75) is 51.1 Å². The van der Waals surface area contributed by atoms with Crippen LogP contribution < -0.4 is 14.8 Å². The first-order valence-corrected chi connectivity index (χ1v) is 7.04. The van der Waals surface area contributed by atoms with Crippen LogP contribution in [0.1, 0.15) is 44.1 Å². The zero-order valence-corrected chi connectivity index (χ0v) is 12.0. The molecule has 0 saturated heterocycles. The van der Waals surface area contributed by atoms with Crippen molar-refractivity contribution in [2.75, 3.05) is 6.79 Å². The number of nitrogens with one attached hydrogen (secondary N) is 1. The SMILES string of the molecule is Cl.c1cc2c(cc1CNC1CCCCCC1)OCO2. The summed E-state index contributed by atoms with van der Waals surface area (Å²) in [5, 5.41) is 3.67. The number of rotatable bonds is 3. The van der Waals surface area contributed by atoms with Gasteiger partial charge >= 0.3 is 0 Å². The van der Waals surface area contributed by atoms with Crippen LogP contribution in [0.4, 0.5) is 0 Å². The van der Waals surface area contributed by atoms with Crippen molar-refractivity contribution in [3.63, 3.8) is 0 Å². The Morgan fingerprint density at radius 2 is 1.74 bits per heavy atom. The van der Waals surface area contributed by atoms with Crippen molar-refractivity contribution >= 4 is 12.4 Å². The third kappa shape index (κ3) is 3.77. The number of ether oxygens (including phenoxy) is 2. The summed E-state index contributed by atoms with van der Waals surface area (Å²) in [5.74, 6) is 1.75. The molecule has 0 aromatic heterocycles. The Kier molecular flexibility index (Phi) is 5.34. The molecule has 0 radical (unpaired) electrons. The second kappa shape index (κ2) is 7.01. The minimum absolute atomic E-state index is 0. The Bertz CT molecular complexity index is 403. The van der Waals surface area contributed by atoms with Gasteiger partial charge in [0, 0.05) is 12.6 Å². The second-order valence-corrected chi connectivity index (χ2v) is 5.26. The first-order chi connectivity index (χ1) is 8.92. The summed E-state index contributed by atoms with van der Waals surface area (Å²) >= 11 is 0. The van der Waals surface area contributed by atoms with Crippen LogP contribution in [-0.2, 0) is 6.54 Å². The number of hydrogen-bond donors (Lipinski definition) is 1. The Morgan fingerprint density at radius 1 is 1.00 bits per heavy atom. The van der Waals surface area contributed by atoms with E-state index in [-0.39, 0.29) is 12.4 Å². The fraction of sp³-hybridized carbons (Fsp3) is 0.600. The molecule has 106 valence electrons. The minimum atomic E-state index is 0. The van der Waals surface area contributed by atoms with Gasteiger partial charge in [-0.1, -0.05) is 31.7 Å². The van der Waals surface area contributed by atoms with Crippen molar-refractivity contribution in [1.29, 1.82) is 0 Å². The maximum atomic E-state index is 5.40. The van der Waals surface area contributed by atoms with Crippen LogP contribution in [0, 0.1) is 0 Å². The van der Waals surface area contributed by atoms with Crippen LogP contribution >= 0.6 is 12.4 Å².